The average Bonchev–Trinajstić information content (AvgIpc) is 3.04. The van der Waals surface area contributed by atoms with Crippen LogP contribution in [0.1, 0.15) is 0 Å². The summed E-state index contributed by atoms with van der Waals surface area (Å²) in [5.41, 5.74) is 3.57. The molecule has 3 aromatic carbocycles. The Kier molecular flexibility index (Phi) is 2.11. The zero-order valence-corrected chi connectivity index (χ0v) is 12.5. The zero-order valence-electron chi connectivity index (χ0n) is 10.9. The van der Waals surface area contributed by atoms with E-state index in [4.69, 9.17) is 8.83 Å². The fourth-order valence-electron chi connectivity index (χ4n) is 2.98. The first-order chi connectivity index (χ1) is 10.3. The fraction of sp³-hybridized carbons (Fsp3) is 0. The highest BCUT2D eigenvalue weighted by Gasteiger charge is 2.13. The van der Waals surface area contributed by atoms with Crippen LogP contribution in [0, 0.1) is 0 Å². The molecular weight excluding hydrogens is 328 g/mol. The van der Waals surface area contributed by atoms with Gasteiger partial charge in [-0.2, -0.15) is 0 Å². The van der Waals surface area contributed by atoms with Gasteiger partial charge in [0.15, 0.2) is 0 Å². The number of halogens is 1. The maximum absolute atomic E-state index is 6.02. The highest BCUT2D eigenvalue weighted by atomic mass is 79.9. The average molecular weight is 337 g/mol. The van der Waals surface area contributed by atoms with E-state index in [0.29, 0.717) is 0 Å². The van der Waals surface area contributed by atoms with Gasteiger partial charge >= 0.3 is 0 Å². The number of benzene rings is 3. The van der Waals surface area contributed by atoms with Crippen molar-refractivity contribution in [2.75, 3.05) is 0 Å². The topological polar surface area (TPSA) is 26.3 Å². The Morgan fingerprint density at radius 2 is 1.33 bits per heavy atom. The molecule has 0 bridgehead atoms. The van der Waals surface area contributed by atoms with Crippen molar-refractivity contribution in [2.24, 2.45) is 0 Å². The Hall–Kier alpha value is -2.26. The largest absolute Gasteiger partial charge is 0.456 e. The minimum atomic E-state index is 0.879. The monoisotopic (exact) mass is 336 g/mol. The Morgan fingerprint density at radius 3 is 2.24 bits per heavy atom. The molecule has 0 fully saturated rings. The summed E-state index contributed by atoms with van der Waals surface area (Å²) in [5.74, 6) is 0. The molecule has 0 N–H and O–H groups in total. The van der Waals surface area contributed by atoms with Crippen molar-refractivity contribution in [3.8, 4) is 0 Å². The van der Waals surface area contributed by atoms with E-state index in [1.165, 1.54) is 0 Å². The number of rotatable bonds is 0. The third-order valence-electron chi connectivity index (χ3n) is 3.95. The molecule has 0 amide bonds. The van der Waals surface area contributed by atoms with Crippen LogP contribution < -0.4 is 0 Å². The smallest absolute Gasteiger partial charge is 0.149 e. The van der Waals surface area contributed by atoms with Gasteiger partial charge in [0.2, 0.25) is 0 Å². The van der Waals surface area contributed by atoms with Crippen LogP contribution >= 0.6 is 15.9 Å². The third kappa shape index (κ3) is 1.47. The Bertz CT molecular complexity index is 1150. The summed E-state index contributed by atoms with van der Waals surface area (Å²) in [6, 6.07) is 18.3. The predicted octanol–water partition coefficient (Wildman–Crippen LogP) is 6.25. The zero-order chi connectivity index (χ0) is 14.0. The molecular formula is C18H9BrO2. The molecule has 0 saturated carbocycles. The predicted molar refractivity (Wildman–Crippen MR) is 88.7 cm³/mol. The van der Waals surface area contributed by atoms with E-state index in [0.717, 1.165) is 48.3 Å². The Balaban J connectivity index is 2.03. The Labute approximate surface area is 128 Å². The van der Waals surface area contributed by atoms with Crippen molar-refractivity contribution in [1.82, 2.24) is 0 Å². The van der Waals surface area contributed by atoms with E-state index in [1.54, 1.807) is 0 Å². The number of hydrogen-bond acceptors (Lipinski definition) is 2. The van der Waals surface area contributed by atoms with Gasteiger partial charge in [0.1, 0.15) is 22.3 Å². The molecule has 0 saturated heterocycles. The highest BCUT2D eigenvalue weighted by Crippen LogP contribution is 2.38. The summed E-state index contributed by atoms with van der Waals surface area (Å²) in [5, 5.41) is 4.39. The van der Waals surface area contributed by atoms with E-state index in [-0.39, 0.29) is 0 Å². The van der Waals surface area contributed by atoms with Crippen LogP contribution in [0.2, 0.25) is 0 Å². The molecule has 21 heavy (non-hydrogen) atoms. The maximum Gasteiger partial charge on any atom is 0.149 e. The van der Waals surface area contributed by atoms with Gasteiger partial charge in [0.25, 0.3) is 0 Å². The molecule has 2 aromatic heterocycles. The molecule has 0 unspecified atom stereocenters. The van der Waals surface area contributed by atoms with Crippen molar-refractivity contribution < 1.29 is 8.83 Å². The number of furan rings is 2. The first-order valence-electron chi connectivity index (χ1n) is 6.73. The van der Waals surface area contributed by atoms with E-state index in [9.17, 15) is 0 Å². The molecule has 0 aliphatic rings. The quantitative estimate of drug-likeness (QED) is 0.334. The van der Waals surface area contributed by atoms with Crippen LogP contribution in [0.4, 0.5) is 0 Å². The van der Waals surface area contributed by atoms with Crippen LogP contribution in [-0.2, 0) is 0 Å². The number of hydrogen-bond donors (Lipinski definition) is 0. The molecule has 0 aliphatic carbocycles. The summed E-state index contributed by atoms with van der Waals surface area (Å²) in [6.45, 7) is 0. The molecule has 0 spiro atoms. The molecule has 2 nitrogen and oxygen atoms in total. The lowest BCUT2D eigenvalue weighted by molar-refractivity contribution is 0.663. The summed E-state index contributed by atoms with van der Waals surface area (Å²) < 4.78 is 12.9. The lowest BCUT2D eigenvalue weighted by Gasteiger charge is -1.91. The normalized spacial score (nSPS) is 12.0. The minimum absolute atomic E-state index is 0.879. The first kappa shape index (κ1) is 11.4. The molecule has 0 atom stereocenters. The number of fused-ring (bicyclic) bond motifs is 6. The van der Waals surface area contributed by atoms with E-state index >= 15 is 0 Å². The summed E-state index contributed by atoms with van der Waals surface area (Å²) in [7, 11) is 0. The van der Waals surface area contributed by atoms with E-state index in [2.05, 4.69) is 40.2 Å². The summed E-state index contributed by atoms with van der Waals surface area (Å²) in [6.07, 6.45) is 0. The molecule has 100 valence electrons. The van der Waals surface area contributed by atoms with Crippen molar-refractivity contribution >= 4 is 59.8 Å². The molecule has 5 aromatic rings. The van der Waals surface area contributed by atoms with Crippen LogP contribution in [0.3, 0.4) is 0 Å². The second-order valence-corrected chi connectivity index (χ2v) is 6.02. The second-order valence-electron chi connectivity index (χ2n) is 5.16. The Morgan fingerprint density at radius 1 is 0.619 bits per heavy atom. The van der Waals surface area contributed by atoms with Crippen LogP contribution in [0.25, 0.3) is 43.9 Å². The molecule has 0 aliphatic heterocycles. The lowest BCUT2D eigenvalue weighted by atomic mass is 10.1. The lowest BCUT2D eigenvalue weighted by Crippen LogP contribution is -1.68. The van der Waals surface area contributed by atoms with Crippen molar-refractivity contribution in [1.29, 1.82) is 0 Å². The molecule has 3 heteroatoms. The third-order valence-corrected chi connectivity index (χ3v) is 4.57. The summed E-state index contributed by atoms with van der Waals surface area (Å²) in [4.78, 5) is 0. The standard InChI is InChI=1S/C18H9BrO2/c19-14-6-3-5-11-13-9-16-12(8-17(13)21-18(11)14)10-4-1-2-7-15(10)20-16/h1-9H. The van der Waals surface area contributed by atoms with Gasteiger partial charge in [-0.05, 0) is 40.2 Å². The van der Waals surface area contributed by atoms with E-state index in [1.807, 2.05) is 30.3 Å². The van der Waals surface area contributed by atoms with Gasteiger partial charge in [-0.25, -0.2) is 0 Å². The minimum Gasteiger partial charge on any atom is -0.456 e. The van der Waals surface area contributed by atoms with Crippen molar-refractivity contribution in [2.45, 2.75) is 0 Å². The van der Waals surface area contributed by atoms with Crippen LogP contribution in [-0.4, -0.2) is 0 Å². The molecule has 2 heterocycles. The van der Waals surface area contributed by atoms with Crippen molar-refractivity contribution in [3.63, 3.8) is 0 Å². The SMILES string of the molecule is Brc1cccc2c1oc1cc3c(cc12)oc1ccccc13. The van der Waals surface area contributed by atoms with Gasteiger partial charge < -0.3 is 8.83 Å². The maximum atomic E-state index is 6.02. The molecule has 0 radical (unpaired) electrons. The number of para-hydroxylation sites is 2. The van der Waals surface area contributed by atoms with Gasteiger partial charge in [-0.15, -0.1) is 0 Å². The second kappa shape index (κ2) is 3.89. The van der Waals surface area contributed by atoms with Gasteiger partial charge in [-0.3, -0.25) is 0 Å². The van der Waals surface area contributed by atoms with Crippen LogP contribution in [0.15, 0.2) is 67.9 Å². The first-order valence-corrected chi connectivity index (χ1v) is 7.52. The fourth-order valence-corrected chi connectivity index (χ4v) is 3.43. The summed E-state index contributed by atoms with van der Waals surface area (Å²) >= 11 is 3.54. The van der Waals surface area contributed by atoms with Gasteiger partial charge in [0.05, 0.1) is 4.47 Å². The van der Waals surface area contributed by atoms with E-state index < -0.39 is 0 Å². The van der Waals surface area contributed by atoms with Crippen molar-refractivity contribution in [3.05, 3.63) is 59.1 Å². The van der Waals surface area contributed by atoms with Crippen LogP contribution in [0.5, 0.6) is 0 Å². The molecule has 5 rings (SSSR count). The van der Waals surface area contributed by atoms with Gasteiger partial charge in [0, 0.05) is 21.5 Å². The van der Waals surface area contributed by atoms with Gasteiger partial charge in [-0.1, -0.05) is 30.3 Å². The highest BCUT2D eigenvalue weighted by molar-refractivity contribution is 9.10.